The van der Waals surface area contributed by atoms with Crippen LogP contribution in [-0.2, 0) is 34.6 Å². The summed E-state index contributed by atoms with van der Waals surface area (Å²) >= 11 is 0. The summed E-state index contributed by atoms with van der Waals surface area (Å²) in [5, 5.41) is 0. The number of ether oxygens (including phenoxy) is 1. The molecule has 0 atom stereocenters. The lowest BCUT2D eigenvalue weighted by Gasteiger charge is -2.30. The summed E-state index contributed by atoms with van der Waals surface area (Å²) in [7, 11) is -0.238. The van der Waals surface area contributed by atoms with Crippen molar-refractivity contribution in [3.05, 3.63) is 45.9 Å². The SMILES string of the molecule is COc1ccc(S(C)(=O)=O)cc1-c1cn(C)c(=O)c2c1CN(C(C)=O)CC2. The minimum atomic E-state index is -3.41. The lowest BCUT2D eigenvalue weighted by molar-refractivity contribution is -0.129. The summed E-state index contributed by atoms with van der Waals surface area (Å²) in [5.41, 5.74) is 2.57. The van der Waals surface area contributed by atoms with Gasteiger partial charge in [0.2, 0.25) is 5.91 Å². The Morgan fingerprint density at radius 3 is 2.48 bits per heavy atom. The molecule has 144 valence electrons. The van der Waals surface area contributed by atoms with Crippen LogP contribution in [0, 0.1) is 0 Å². The van der Waals surface area contributed by atoms with Crippen molar-refractivity contribution < 1.29 is 17.9 Å². The molecule has 0 spiro atoms. The Labute approximate surface area is 158 Å². The molecule has 8 heteroatoms. The van der Waals surface area contributed by atoms with Gasteiger partial charge < -0.3 is 14.2 Å². The number of fused-ring (bicyclic) bond motifs is 1. The van der Waals surface area contributed by atoms with E-state index in [9.17, 15) is 18.0 Å². The first-order valence-corrected chi connectivity index (χ1v) is 10.4. The Bertz CT molecular complexity index is 1090. The molecule has 0 saturated heterocycles. The van der Waals surface area contributed by atoms with Gasteiger partial charge in [0.1, 0.15) is 5.75 Å². The third-order valence-electron chi connectivity index (χ3n) is 4.91. The molecule has 27 heavy (non-hydrogen) atoms. The van der Waals surface area contributed by atoms with Crippen molar-refractivity contribution in [1.29, 1.82) is 0 Å². The fraction of sp³-hybridized carbons (Fsp3) is 0.368. The van der Waals surface area contributed by atoms with Crippen molar-refractivity contribution in [3.8, 4) is 16.9 Å². The number of carbonyl (C=O) groups excluding carboxylic acids is 1. The normalized spacial score (nSPS) is 14.0. The smallest absolute Gasteiger partial charge is 0.253 e. The fourth-order valence-electron chi connectivity index (χ4n) is 3.42. The number of methoxy groups -OCH3 is 1. The summed E-state index contributed by atoms with van der Waals surface area (Å²) in [6, 6.07) is 4.66. The van der Waals surface area contributed by atoms with E-state index in [1.54, 1.807) is 30.3 Å². The van der Waals surface area contributed by atoms with Gasteiger partial charge >= 0.3 is 0 Å². The zero-order chi connectivity index (χ0) is 19.9. The topological polar surface area (TPSA) is 85.7 Å². The zero-order valence-corrected chi connectivity index (χ0v) is 16.6. The zero-order valence-electron chi connectivity index (χ0n) is 15.8. The van der Waals surface area contributed by atoms with Crippen molar-refractivity contribution in [2.24, 2.45) is 7.05 Å². The Morgan fingerprint density at radius 2 is 1.89 bits per heavy atom. The van der Waals surface area contributed by atoms with Crippen LogP contribution in [-0.4, -0.2) is 43.7 Å². The van der Waals surface area contributed by atoms with Crippen molar-refractivity contribution >= 4 is 15.7 Å². The predicted molar refractivity (Wildman–Crippen MR) is 102 cm³/mol. The molecule has 1 amide bonds. The number of nitrogens with zero attached hydrogens (tertiary/aromatic N) is 2. The number of carbonyl (C=O) groups is 1. The van der Waals surface area contributed by atoms with Crippen LogP contribution in [0.2, 0.25) is 0 Å². The van der Waals surface area contributed by atoms with Crippen molar-refractivity contribution in [1.82, 2.24) is 9.47 Å². The van der Waals surface area contributed by atoms with Gasteiger partial charge in [-0.3, -0.25) is 9.59 Å². The van der Waals surface area contributed by atoms with Gasteiger partial charge in [-0.25, -0.2) is 8.42 Å². The fourth-order valence-corrected chi connectivity index (χ4v) is 4.07. The molecule has 1 aromatic heterocycles. The largest absolute Gasteiger partial charge is 0.496 e. The number of aromatic nitrogens is 1. The van der Waals surface area contributed by atoms with Crippen LogP contribution in [0.5, 0.6) is 5.75 Å². The van der Waals surface area contributed by atoms with Gasteiger partial charge in [0.15, 0.2) is 9.84 Å². The average molecular weight is 390 g/mol. The number of hydrogen-bond acceptors (Lipinski definition) is 5. The molecule has 2 heterocycles. The first-order valence-electron chi connectivity index (χ1n) is 8.49. The maximum Gasteiger partial charge on any atom is 0.253 e. The van der Waals surface area contributed by atoms with Crippen LogP contribution in [0.25, 0.3) is 11.1 Å². The maximum absolute atomic E-state index is 12.6. The van der Waals surface area contributed by atoms with Gasteiger partial charge in [-0.1, -0.05) is 0 Å². The Kier molecular flexibility index (Phi) is 4.86. The molecule has 0 N–H and O–H groups in total. The molecule has 2 aromatic rings. The molecular formula is C19H22N2O5S. The van der Waals surface area contributed by atoms with E-state index < -0.39 is 9.84 Å². The highest BCUT2D eigenvalue weighted by Crippen LogP contribution is 2.36. The summed E-state index contributed by atoms with van der Waals surface area (Å²) in [4.78, 5) is 26.3. The van der Waals surface area contributed by atoms with E-state index in [-0.39, 0.29) is 16.4 Å². The summed E-state index contributed by atoms with van der Waals surface area (Å²) in [6.45, 7) is 2.29. The number of sulfone groups is 1. The standard InChI is InChI=1S/C19H22N2O5S/c1-12(22)21-8-7-14-17(11-21)16(10-20(2)19(14)23)15-9-13(27(4,24)25)5-6-18(15)26-3/h5-6,9-10H,7-8,11H2,1-4H3. The summed E-state index contributed by atoms with van der Waals surface area (Å²) in [5.74, 6) is 0.437. The third kappa shape index (κ3) is 3.49. The number of hydrogen-bond donors (Lipinski definition) is 0. The van der Waals surface area contributed by atoms with Gasteiger partial charge in [-0.15, -0.1) is 0 Å². The number of aryl methyl sites for hydroxylation is 1. The highest BCUT2D eigenvalue weighted by atomic mass is 32.2. The molecule has 0 aliphatic carbocycles. The van der Waals surface area contributed by atoms with E-state index >= 15 is 0 Å². The van der Waals surface area contributed by atoms with Crippen LogP contribution in [0.1, 0.15) is 18.1 Å². The quantitative estimate of drug-likeness (QED) is 0.790. The van der Waals surface area contributed by atoms with Crippen molar-refractivity contribution in [2.75, 3.05) is 19.9 Å². The molecule has 1 aliphatic heterocycles. The molecule has 3 rings (SSSR count). The van der Waals surface area contributed by atoms with Crippen molar-refractivity contribution in [2.45, 2.75) is 24.8 Å². The second-order valence-corrected chi connectivity index (χ2v) is 8.76. The monoisotopic (exact) mass is 390 g/mol. The lowest BCUT2D eigenvalue weighted by atomic mass is 9.92. The van der Waals surface area contributed by atoms with E-state index in [1.807, 2.05) is 0 Å². The number of benzene rings is 1. The van der Waals surface area contributed by atoms with E-state index in [0.29, 0.717) is 42.0 Å². The van der Waals surface area contributed by atoms with E-state index in [2.05, 4.69) is 0 Å². The first kappa shape index (κ1) is 19.2. The second-order valence-electron chi connectivity index (χ2n) is 6.74. The molecule has 1 aliphatic rings. The number of amides is 1. The van der Waals surface area contributed by atoms with Gasteiger partial charge in [-0.05, 0) is 30.2 Å². The van der Waals surface area contributed by atoms with E-state index in [4.69, 9.17) is 4.74 Å². The van der Waals surface area contributed by atoms with Crippen LogP contribution in [0.3, 0.4) is 0 Å². The molecular weight excluding hydrogens is 368 g/mol. The van der Waals surface area contributed by atoms with Crippen LogP contribution < -0.4 is 10.3 Å². The maximum atomic E-state index is 12.6. The molecule has 0 unspecified atom stereocenters. The highest BCUT2D eigenvalue weighted by Gasteiger charge is 2.26. The van der Waals surface area contributed by atoms with Gasteiger partial charge in [0, 0.05) is 56.2 Å². The summed E-state index contributed by atoms with van der Waals surface area (Å²) in [6.07, 6.45) is 3.28. The lowest BCUT2D eigenvalue weighted by Crippen LogP contribution is -2.38. The molecule has 7 nitrogen and oxygen atoms in total. The Hall–Kier alpha value is -2.61. The molecule has 0 saturated carbocycles. The minimum absolute atomic E-state index is 0.0656. The Morgan fingerprint density at radius 1 is 1.19 bits per heavy atom. The third-order valence-corrected chi connectivity index (χ3v) is 6.02. The molecule has 0 fully saturated rings. The van der Waals surface area contributed by atoms with Crippen LogP contribution >= 0.6 is 0 Å². The van der Waals surface area contributed by atoms with Gasteiger partial charge in [-0.2, -0.15) is 0 Å². The summed E-state index contributed by atoms with van der Waals surface area (Å²) < 4.78 is 31.0. The van der Waals surface area contributed by atoms with Crippen molar-refractivity contribution in [3.63, 3.8) is 0 Å². The number of rotatable bonds is 3. The van der Waals surface area contributed by atoms with Gasteiger partial charge in [0.25, 0.3) is 5.56 Å². The number of pyridine rings is 1. The molecule has 0 bridgehead atoms. The van der Waals surface area contributed by atoms with E-state index in [1.165, 1.54) is 24.7 Å². The second kappa shape index (κ2) is 6.84. The highest BCUT2D eigenvalue weighted by molar-refractivity contribution is 7.90. The average Bonchev–Trinajstić information content (AvgIpc) is 2.63. The van der Waals surface area contributed by atoms with Crippen LogP contribution in [0.15, 0.2) is 34.1 Å². The van der Waals surface area contributed by atoms with E-state index in [0.717, 1.165) is 11.8 Å². The Balaban J connectivity index is 2.31. The van der Waals surface area contributed by atoms with Crippen LogP contribution in [0.4, 0.5) is 0 Å². The molecule has 0 radical (unpaired) electrons. The predicted octanol–water partition coefficient (Wildman–Crippen LogP) is 1.37. The first-order chi connectivity index (χ1) is 12.6. The van der Waals surface area contributed by atoms with Gasteiger partial charge in [0.05, 0.1) is 12.0 Å². The molecule has 1 aromatic carbocycles. The minimum Gasteiger partial charge on any atom is -0.496 e.